The average molecular weight is 226 g/mol. The van der Waals surface area contributed by atoms with Crippen LogP contribution < -0.4 is 5.73 Å². The molecule has 1 aliphatic rings. The first-order valence-electron chi connectivity index (χ1n) is 6.04. The molecule has 0 spiro atoms. The van der Waals surface area contributed by atoms with E-state index >= 15 is 0 Å². The second-order valence-corrected chi connectivity index (χ2v) is 4.96. The van der Waals surface area contributed by atoms with Crippen LogP contribution >= 0.6 is 0 Å². The number of likely N-dealkylation sites (tertiary alicyclic amines) is 1. The Morgan fingerprint density at radius 2 is 1.69 bits per heavy atom. The van der Waals surface area contributed by atoms with Crippen LogP contribution in [0, 0.1) is 5.92 Å². The zero-order chi connectivity index (χ0) is 12.3. The minimum absolute atomic E-state index is 0.0690. The van der Waals surface area contributed by atoms with Crippen LogP contribution in [-0.4, -0.2) is 28.8 Å². The largest absolute Gasteiger partial charge is 0.324 e. The number of imide groups is 1. The second-order valence-electron chi connectivity index (χ2n) is 4.96. The van der Waals surface area contributed by atoms with E-state index in [1.54, 1.807) is 0 Å². The first-order valence-corrected chi connectivity index (χ1v) is 6.04. The summed E-state index contributed by atoms with van der Waals surface area (Å²) in [6, 6.07) is 0. The molecule has 0 aromatic rings. The Morgan fingerprint density at radius 1 is 1.25 bits per heavy atom. The summed E-state index contributed by atoms with van der Waals surface area (Å²) in [5.74, 6) is 0.0348. The summed E-state index contributed by atoms with van der Waals surface area (Å²) in [5.41, 5.74) is 5.72. The third-order valence-corrected chi connectivity index (χ3v) is 3.53. The number of rotatable bonds is 4. The Labute approximate surface area is 97.2 Å². The van der Waals surface area contributed by atoms with Crippen LogP contribution in [0.2, 0.25) is 0 Å². The fraction of sp³-hybridized carbons (Fsp3) is 0.833. The average Bonchev–Trinajstić information content (AvgIpc) is 2.23. The standard InChI is InChI=1S/C12H22N2O2/c1-4-12(13,5-2)8-14-10(15)6-9(3)7-11(14)16/h9H,4-8,13H2,1-3H3. The highest BCUT2D eigenvalue weighted by molar-refractivity contribution is 5.97. The lowest BCUT2D eigenvalue weighted by atomic mass is 9.91. The predicted molar refractivity (Wildman–Crippen MR) is 62.6 cm³/mol. The Balaban J connectivity index is 2.72. The van der Waals surface area contributed by atoms with E-state index < -0.39 is 5.54 Å². The Kier molecular flexibility index (Phi) is 4.08. The Morgan fingerprint density at radius 3 is 2.06 bits per heavy atom. The van der Waals surface area contributed by atoms with Crippen LogP contribution in [-0.2, 0) is 9.59 Å². The van der Waals surface area contributed by atoms with E-state index in [0.717, 1.165) is 12.8 Å². The van der Waals surface area contributed by atoms with E-state index in [1.165, 1.54) is 4.90 Å². The van der Waals surface area contributed by atoms with E-state index in [1.807, 2.05) is 20.8 Å². The topological polar surface area (TPSA) is 63.4 Å². The lowest BCUT2D eigenvalue weighted by Crippen LogP contribution is -2.54. The Hall–Kier alpha value is -0.900. The summed E-state index contributed by atoms with van der Waals surface area (Å²) in [4.78, 5) is 24.9. The molecular weight excluding hydrogens is 204 g/mol. The monoisotopic (exact) mass is 226 g/mol. The number of carbonyl (C=O) groups excluding carboxylic acids is 2. The number of nitrogens with two attached hydrogens (primary N) is 1. The number of piperidine rings is 1. The van der Waals surface area contributed by atoms with Crippen LogP contribution in [0.4, 0.5) is 0 Å². The molecule has 0 radical (unpaired) electrons. The first kappa shape index (κ1) is 13.2. The van der Waals surface area contributed by atoms with E-state index in [9.17, 15) is 9.59 Å². The van der Waals surface area contributed by atoms with E-state index in [-0.39, 0.29) is 17.7 Å². The SMILES string of the molecule is CCC(N)(CC)CN1C(=O)CC(C)CC1=O. The molecule has 1 rings (SSSR count). The van der Waals surface area contributed by atoms with Crippen LogP contribution in [0.25, 0.3) is 0 Å². The van der Waals surface area contributed by atoms with Crippen molar-refractivity contribution in [3.8, 4) is 0 Å². The van der Waals surface area contributed by atoms with Gasteiger partial charge in [-0.25, -0.2) is 0 Å². The van der Waals surface area contributed by atoms with Gasteiger partial charge in [0.15, 0.2) is 0 Å². The fourth-order valence-electron chi connectivity index (χ4n) is 1.99. The van der Waals surface area contributed by atoms with Crippen molar-refractivity contribution in [1.82, 2.24) is 4.90 Å². The van der Waals surface area contributed by atoms with Gasteiger partial charge in [0.05, 0.1) is 0 Å². The Bertz CT molecular complexity index is 267. The van der Waals surface area contributed by atoms with Crippen molar-refractivity contribution in [3.05, 3.63) is 0 Å². The van der Waals surface area contributed by atoms with Gasteiger partial charge in [0.1, 0.15) is 0 Å². The van der Waals surface area contributed by atoms with Crippen molar-refractivity contribution in [2.75, 3.05) is 6.54 Å². The van der Waals surface area contributed by atoms with Gasteiger partial charge in [-0.1, -0.05) is 20.8 Å². The number of carbonyl (C=O) groups is 2. The van der Waals surface area contributed by atoms with E-state index in [2.05, 4.69) is 0 Å². The molecular formula is C12H22N2O2. The van der Waals surface area contributed by atoms with Gasteiger partial charge >= 0.3 is 0 Å². The molecule has 1 aliphatic heterocycles. The molecule has 0 aliphatic carbocycles. The number of amides is 2. The summed E-state index contributed by atoms with van der Waals surface area (Å²) in [6.45, 7) is 6.28. The van der Waals surface area contributed by atoms with Crippen LogP contribution in [0.3, 0.4) is 0 Å². The third-order valence-electron chi connectivity index (χ3n) is 3.53. The summed E-state index contributed by atoms with van der Waals surface area (Å²) >= 11 is 0. The van der Waals surface area contributed by atoms with Crippen LogP contribution in [0.5, 0.6) is 0 Å². The van der Waals surface area contributed by atoms with Crippen LogP contribution in [0.15, 0.2) is 0 Å². The van der Waals surface area contributed by atoms with Crippen LogP contribution in [0.1, 0.15) is 46.5 Å². The molecule has 0 bridgehead atoms. The maximum Gasteiger partial charge on any atom is 0.229 e. The molecule has 2 amide bonds. The van der Waals surface area contributed by atoms with E-state index in [0.29, 0.717) is 19.4 Å². The molecule has 0 unspecified atom stereocenters. The van der Waals surface area contributed by atoms with Gasteiger partial charge in [-0.05, 0) is 18.8 Å². The van der Waals surface area contributed by atoms with Crippen molar-refractivity contribution in [1.29, 1.82) is 0 Å². The van der Waals surface area contributed by atoms with Crippen molar-refractivity contribution >= 4 is 11.8 Å². The summed E-state index contributed by atoms with van der Waals surface area (Å²) in [7, 11) is 0. The fourth-order valence-corrected chi connectivity index (χ4v) is 1.99. The number of nitrogens with zero attached hydrogens (tertiary/aromatic N) is 1. The maximum absolute atomic E-state index is 11.8. The quantitative estimate of drug-likeness (QED) is 0.735. The molecule has 1 fully saturated rings. The maximum atomic E-state index is 11.8. The smallest absolute Gasteiger partial charge is 0.229 e. The van der Waals surface area contributed by atoms with Crippen molar-refractivity contribution in [2.24, 2.45) is 11.7 Å². The molecule has 0 saturated carbocycles. The second kappa shape index (κ2) is 4.95. The zero-order valence-electron chi connectivity index (χ0n) is 10.5. The highest BCUT2D eigenvalue weighted by atomic mass is 16.2. The highest BCUT2D eigenvalue weighted by Gasteiger charge is 2.34. The summed E-state index contributed by atoms with van der Waals surface area (Å²) in [6.07, 6.45) is 2.48. The van der Waals surface area contributed by atoms with Crippen molar-refractivity contribution in [2.45, 2.75) is 52.0 Å². The van der Waals surface area contributed by atoms with Gasteiger partial charge < -0.3 is 5.73 Å². The minimum atomic E-state index is -0.425. The molecule has 0 atom stereocenters. The van der Waals surface area contributed by atoms with Gasteiger partial charge in [0.2, 0.25) is 11.8 Å². The molecule has 0 aromatic carbocycles. The molecule has 0 aromatic heterocycles. The van der Waals surface area contributed by atoms with Crippen molar-refractivity contribution in [3.63, 3.8) is 0 Å². The molecule has 1 saturated heterocycles. The summed E-state index contributed by atoms with van der Waals surface area (Å²) in [5, 5.41) is 0. The van der Waals surface area contributed by atoms with E-state index in [4.69, 9.17) is 5.73 Å². The van der Waals surface area contributed by atoms with Gasteiger partial charge in [-0.2, -0.15) is 0 Å². The molecule has 4 nitrogen and oxygen atoms in total. The normalized spacial score (nSPS) is 19.4. The first-order chi connectivity index (χ1) is 7.41. The lowest BCUT2D eigenvalue weighted by Gasteiger charge is -2.36. The highest BCUT2D eigenvalue weighted by Crippen LogP contribution is 2.22. The zero-order valence-corrected chi connectivity index (χ0v) is 10.5. The lowest BCUT2D eigenvalue weighted by molar-refractivity contribution is -0.150. The molecule has 4 heteroatoms. The third kappa shape index (κ3) is 2.82. The van der Waals surface area contributed by atoms with Gasteiger partial charge in [0, 0.05) is 24.9 Å². The molecule has 1 heterocycles. The number of hydrogen-bond acceptors (Lipinski definition) is 3. The summed E-state index contributed by atoms with van der Waals surface area (Å²) < 4.78 is 0. The predicted octanol–water partition coefficient (Wildman–Crippen LogP) is 1.29. The van der Waals surface area contributed by atoms with Gasteiger partial charge in [-0.15, -0.1) is 0 Å². The number of hydrogen-bond donors (Lipinski definition) is 1. The van der Waals surface area contributed by atoms with Gasteiger partial charge in [-0.3, -0.25) is 14.5 Å². The van der Waals surface area contributed by atoms with Crippen molar-refractivity contribution < 1.29 is 9.59 Å². The molecule has 2 N–H and O–H groups in total. The van der Waals surface area contributed by atoms with Gasteiger partial charge in [0.25, 0.3) is 0 Å². The minimum Gasteiger partial charge on any atom is -0.324 e. The molecule has 16 heavy (non-hydrogen) atoms. The molecule has 92 valence electrons.